The first kappa shape index (κ1) is 31.0. The summed E-state index contributed by atoms with van der Waals surface area (Å²) in [6.07, 6.45) is 8.10. The number of halogens is 1. The molecule has 1 unspecified atom stereocenters. The number of unbranched alkanes of at least 4 members (excludes halogenated alkanes) is 1. The molecule has 11 heteroatoms. The lowest BCUT2D eigenvalue weighted by atomic mass is 9.98. The van der Waals surface area contributed by atoms with E-state index in [9.17, 15) is 24.0 Å². The Morgan fingerprint density at radius 1 is 1.00 bits per heavy atom. The summed E-state index contributed by atoms with van der Waals surface area (Å²) in [6.45, 7) is 1.82. The van der Waals surface area contributed by atoms with E-state index in [4.69, 9.17) is 5.73 Å². The number of anilines is 1. The van der Waals surface area contributed by atoms with Crippen molar-refractivity contribution in [3.8, 4) is 11.4 Å². The first-order chi connectivity index (χ1) is 19.3. The van der Waals surface area contributed by atoms with Crippen molar-refractivity contribution in [1.82, 2.24) is 19.4 Å². The van der Waals surface area contributed by atoms with Gasteiger partial charge in [0.15, 0.2) is 0 Å². The maximum atomic E-state index is 13.2. The minimum atomic E-state index is -0.778. The highest BCUT2D eigenvalue weighted by Crippen LogP contribution is 2.26. The molecule has 1 amide bonds. The molecule has 1 aliphatic rings. The molecule has 214 valence electrons. The molecule has 2 heterocycles. The van der Waals surface area contributed by atoms with Crippen LogP contribution in [-0.4, -0.2) is 38.1 Å². The average molecular weight is 578 g/mol. The topological polar surface area (TPSA) is 146 Å². The quantitative estimate of drug-likeness (QED) is 0.262. The lowest BCUT2D eigenvalue weighted by molar-refractivity contribution is -0.131. The Bertz CT molecular complexity index is 1610. The van der Waals surface area contributed by atoms with E-state index in [-0.39, 0.29) is 65.4 Å². The number of hydrogen-bond acceptors (Lipinski definition) is 7. The van der Waals surface area contributed by atoms with Crippen LogP contribution in [0.2, 0.25) is 0 Å². The van der Waals surface area contributed by atoms with Gasteiger partial charge in [-0.05, 0) is 31.1 Å². The van der Waals surface area contributed by atoms with Crippen LogP contribution in [-0.2, 0) is 14.4 Å². The molecule has 1 aromatic carbocycles. The Hall–Kier alpha value is -4.57. The number of nitrogens with two attached hydrogens (primary N) is 1. The fraction of sp³-hybridized carbons (Fsp3) is 0.267. The molecule has 0 fully saturated rings. The molecule has 0 bridgehead atoms. The van der Waals surface area contributed by atoms with Gasteiger partial charge in [0.05, 0.1) is 11.9 Å². The molecule has 41 heavy (non-hydrogen) atoms. The van der Waals surface area contributed by atoms with Gasteiger partial charge in [0, 0.05) is 42.4 Å². The van der Waals surface area contributed by atoms with Gasteiger partial charge in [0.25, 0.3) is 11.1 Å². The van der Waals surface area contributed by atoms with E-state index in [2.05, 4.69) is 10.3 Å². The van der Waals surface area contributed by atoms with Gasteiger partial charge in [0.1, 0.15) is 11.5 Å². The van der Waals surface area contributed by atoms with Crippen molar-refractivity contribution in [1.29, 1.82) is 0 Å². The van der Waals surface area contributed by atoms with E-state index < -0.39 is 11.6 Å². The number of aromatic nitrogens is 3. The molecule has 0 aliphatic heterocycles. The fourth-order valence-corrected chi connectivity index (χ4v) is 4.66. The zero-order chi connectivity index (χ0) is 28.6. The Labute approximate surface area is 243 Å². The van der Waals surface area contributed by atoms with Crippen LogP contribution < -0.4 is 22.2 Å². The highest BCUT2D eigenvalue weighted by atomic mass is 35.5. The lowest BCUT2D eigenvalue weighted by Crippen LogP contribution is -2.34. The van der Waals surface area contributed by atoms with Crippen LogP contribution in [0.1, 0.15) is 45.1 Å². The van der Waals surface area contributed by atoms with Gasteiger partial charge in [-0.25, -0.2) is 4.98 Å². The molecular formula is C30H32ClN5O5. The van der Waals surface area contributed by atoms with Crippen molar-refractivity contribution in [3.63, 3.8) is 0 Å². The van der Waals surface area contributed by atoms with Crippen LogP contribution in [0.4, 0.5) is 5.69 Å². The predicted molar refractivity (Wildman–Crippen MR) is 159 cm³/mol. The third kappa shape index (κ3) is 7.15. The van der Waals surface area contributed by atoms with Crippen LogP contribution in [0.3, 0.4) is 0 Å². The second-order valence-corrected chi connectivity index (χ2v) is 9.49. The molecule has 1 atom stereocenters. The Kier molecular flexibility index (Phi) is 10.7. The van der Waals surface area contributed by atoms with E-state index in [1.54, 1.807) is 16.7 Å². The van der Waals surface area contributed by atoms with Gasteiger partial charge in [-0.15, -0.1) is 12.4 Å². The third-order valence-electron chi connectivity index (χ3n) is 6.76. The maximum Gasteiger partial charge on any atom is 0.277 e. The first-order valence-corrected chi connectivity index (χ1v) is 13.2. The number of amides is 1. The van der Waals surface area contributed by atoms with E-state index in [0.29, 0.717) is 18.7 Å². The average Bonchev–Trinajstić information content (AvgIpc) is 2.96. The number of carbonyl (C=O) groups excluding carboxylic acids is 3. The standard InChI is InChI=1S/C30H31N5O5.ClH/c1-2-3-11-21(35-29(20-9-5-4-6-10-20)33-19-23(31)30(35)40)13-16-26(37)32-18-22-24(14-15-25(36)28(22)39)34-17-8-7-12-27(34)38;/h4-10,12,14-15,17,19,21H,2-3,11,13,16,18,31H2,1H3,(H,32,37);1H. The zero-order valence-electron chi connectivity index (χ0n) is 22.6. The molecule has 0 radical (unpaired) electrons. The number of nitrogens with zero attached hydrogens (tertiary/aromatic N) is 3. The highest BCUT2D eigenvalue weighted by molar-refractivity contribution is 6.49. The Balaban J connectivity index is 0.00000462. The molecule has 3 N–H and O–H groups in total. The van der Waals surface area contributed by atoms with Gasteiger partial charge in [-0.2, -0.15) is 0 Å². The number of allylic oxidation sites excluding steroid dienone is 3. The summed E-state index contributed by atoms with van der Waals surface area (Å²) in [5, 5.41) is 2.71. The molecule has 0 spiro atoms. The van der Waals surface area contributed by atoms with Crippen molar-refractivity contribution < 1.29 is 14.4 Å². The summed E-state index contributed by atoms with van der Waals surface area (Å²) in [5.41, 5.74) is 6.26. The fourth-order valence-electron chi connectivity index (χ4n) is 4.66. The summed E-state index contributed by atoms with van der Waals surface area (Å²) in [6, 6.07) is 13.5. The summed E-state index contributed by atoms with van der Waals surface area (Å²) >= 11 is 0. The molecule has 0 saturated heterocycles. The highest BCUT2D eigenvalue weighted by Gasteiger charge is 2.26. The van der Waals surface area contributed by atoms with Gasteiger partial charge >= 0.3 is 0 Å². The molecular weight excluding hydrogens is 546 g/mol. The molecule has 10 nitrogen and oxygen atoms in total. The van der Waals surface area contributed by atoms with Crippen molar-refractivity contribution in [2.24, 2.45) is 0 Å². The number of carbonyl (C=O) groups is 3. The van der Waals surface area contributed by atoms with E-state index in [1.807, 2.05) is 37.3 Å². The third-order valence-corrected chi connectivity index (χ3v) is 6.76. The van der Waals surface area contributed by atoms with E-state index >= 15 is 0 Å². The van der Waals surface area contributed by atoms with Gasteiger partial charge in [-0.1, -0.05) is 56.2 Å². The largest absolute Gasteiger partial charge is 0.393 e. The first-order valence-electron chi connectivity index (χ1n) is 13.2. The monoisotopic (exact) mass is 577 g/mol. The molecule has 4 rings (SSSR count). The van der Waals surface area contributed by atoms with Gasteiger partial charge in [-0.3, -0.25) is 33.1 Å². The molecule has 3 aromatic rings. The van der Waals surface area contributed by atoms with Crippen LogP contribution >= 0.6 is 12.4 Å². The number of benzene rings is 1. The Morgan fingerprint density at radius 2 is 1.73 bits per heavy atom. The number of nitrogens with one attached hydrogen (secondary N) is 1. The van der Waals surface area contributed by atoms with Crippen LogP contribution in [0.5, 0.6) is 0 Å². The summed E-state index contributed by atoms with van der Waals surface area (Å²) < 4.78 is 2.83. The zero-order valence-corrected chi connectivity index (χ0v) is 23.4. The smallest absolute Gasteiger partial charge is 0.277 e. The normalized spacial score (nSPS) is 13.6. The summed E-state index contributed by atoms with van der Waals surface area (Å²) in [7, 11) is 0. The van der Waals surface area contributed by atoms with Crippen LogP contribution in [0, 0.1) is 0 Å². The number of Topliss-reactive ketones (excluding diaryl/α,β-unsaturated/α-hetero) is 1. The maximum absolute atomic E-state index is 13.2. The van der Waals surface area contributed by atoms with Crippen molar-refractivity contribution in [2.75, 3.05) is 12.3 Å². The number of rotatable bonds is 11. The number of ketones is 2. The molecule has 0 saturated carbocycles. The number of pyridine rings is 1. The Morgan fingerprint density at radius 3 is 2.44 bits per heavy atom. The second-order valence-electron chi connectivity index (χ2n) is 9.49. The SMILES string of the molecule is CCCCC(CCC(=O)NCC1=C(n2ccccc2=O)C=CC(=O)C1=O)n1c(-c2ccccc2)ncc(N)c1=O.Cl. The molecule has 2 aromatic heterocycles. The van der Waals surface area contributed by atoms with Crippen LogP contribution in [0.15, 0.2) is 88.2 Å². The van der Waals surface area contributed by atoms with E-state index in [0.717, 1.165) is 24.5 Å². The van der Waals surface area contributed by atoms with Crippen molar-refractivity contribution >= 4 is 41.3 Å². The predicted octanol–water partition coefficient (Wildman–Crippen LogP) is 3.32. The van der Waals surface area contributed by atoms with Crippen molar-refractivity contribution in [3.05, 3.63) is 99.4 Å². The van der Waals surface area contributed by atoms with Crippen LogP contribution in [0.25, 0.3) is 17.1 Å². The minimum Gasteiger partial charge on any atom is -0.393 e. The number of nitrogen functional groups attached to an aromatic ring is 1. The summed E-state index contributed by atoms with van der Waals surface area (Å²) in [5.74, 6) is -1.39. The van der Waals surface area contributed by atoms with Gasteiger partial charge in [0.2, 0.25) is 17.5 Å². The summed E-state index contributed by atoms with van der Waals surface area (Å²) in [4.78, 5) is 67.7. The second kappa shape index (κ2) is 14.2. The lowest BCUT2D eigenvalue weighted by Gasteiger charge is -2.23. The minimum absolute atomic E-state index is 0. The van der Waals surface area contributed by atoms with Gasteiger partial charge < -0.3 is 11.1 Å². The van der Waals surface area contributed by atoms with Crippen molar-refractivity contribution in [2.45, 2.75) is 45.1 Å². The van der Waals surface area contributed by atoms with E-state index in [1.165, 1.54) is 29.1 Å². The number of hydrogen-bond donors (Lipinski definition) is 2. The molecule has 1 aliphatic carbocycles.